The van der Waals surface area contributed by atoms with Gasteiger partial charge >= 0.3 is 0 Å². The van der Waals surface area contributed by atoms with Crippen molar-refractivity contribution in [3.05, 3.63) is 22.8 Å². The summed E-state index contributed by atoms with van der Waals surface area (Å²) in [6.45, 7) is 6.36. The minimum absolute atomic E-state index is 0.00744. The highest BCUT2D eigenvalue weighted by atomic mass is 16.3. The number of allylic oxidation sites excluding steroid dienone is 3. The van der Waals surface area contributed by atoms with Crippen molar-refractivity contribution in [3.63, 3.8) is 0 Å². The topological polar surface area (TPSA) is 74.6 Å². The Hall–Kier alpha value is -1.26. The number of Topliss-reactive ketones (excluding diaryl/α,β-unsaturated/α-hetero) is 1. The Morgan fingerprint density at radius 1 is 1.46 bits per heavy atom. The molecule has 0 bridgehead atoms. The van der Waals surface area contributed by atoms with Crippen molar-refractivity contribution in [2.75, 3.05) is 6.61 Å². The molecule has 4 heteroatoms. The van der Waals surface area contributed by atoms with E-state index in [0.29, 0.717) is 12.0 Å². The summed E-state index contributed by atoms with van der Waals surface area (Å²) in [4.78, 5) is 24.1. The molecular formula is C20H28O4. The fourth-order valence-corrected chi connectivity index (χ4v) is 5.25. The molecule has 3 aliphatic rings. The molecule has 1 unspecified atom stereocenters. The Kier molecular flexibility index (Phi) is 4.56. The van der Waals surface area contributed by atoms with Crippen molar-refractivity contribution < 1.29 is 19.8 Å². The van der Waals surface area contributed by atoms with Gasteiger partial charge in [-0.2, -0.15) is 0 Å². The van der Waals surface area contributed by atoms with Gasteiger partial charge in [-0.25, -0.2) is 0 Å². The zero-order valence-electron chi connectivity index (χ0n) is 14.8. The number of carbonyl (C=O) groups is 2. The molecule has 0 aromatic rings. The molecule has 0 amide bonds. The quantitative estimate of drug-likeness (QED) is 0.615. The van der Waals surface area contributed by atoms with Gasteiger partial charge < -0.3 is 10.2 Å². The van der Waals surface area contributed by atoms with Gasteiger partial charge in [0, 0.05) is 12.5 Å². The number of ketones is 1. The van der Waals surface area contributed by atoms with E-state index in [1.807, 2.05) is 19.9 Å². The average molecular weight is 332 g/mol. The van der Waals surface area contributed by atoms with Gasteiger partial charge in [0.1, 0.15) is 12.4 Å². The van der Waals surface area contributed by atoms with Crippen molar-refractivity contribution in [1.82, 2.24) is 0 Å². The van der Waals surface area contributed by atoms with E-state index >= 15 is 0 Å². The van der Waals surface area contributed by atoms with Crippen LogP contribution in [-0.2, 0) is 9.59 Å². The average Bonchev–Trinajstić information content (AvgIpc) is 2.97. The van der Waals surface area contributed by atoms with Crippen LogP contribution in [0, 0.1) is 29.1 Å². The van der Waals surface area contributed by atoms with E-state index in [-0.39, 0.29) is 35.6 Å². The van der Waals surface area contributed by atoms with Crippen LogP contribution < -0.4 is 0 Å². The number of carbonyl (C=O) groups excluding carboxylic acids is 2. The summed E-state index contributed by atoms with van der Waals surface area (Å²) < 4.78 is 0. The van der Waals surface area contributed by atoms with E-state index in [9.17, 15) is 19.8 Å². The van der Waals surface area contributed by atoms with Crippen LogP contribution in [-0.4, -0.2) is 35.0 Å². The van der Waals surface area contributed by atoms with E-state index in [1.165, 1.54) is 11.1 Å². The van der Waals surface area contributed by atoms with Crippen molar-refractivity contribution in [1.29, 1.82) is 0 Å². The third-order valence-electron chi connectivity index (χ3n) is 6.85. The highest BCUT2D eigenvalue weighted by molar-refractivity contribution is 5.96. The van der Waals surface area contributed by atoms with Gasteiger partial charge in [-0.1, -0.05) is 38.0 Å². The van der Waals surface area contributed by atoms with Gasteiger partial charge in [-0.3, -0.25) is 9.59 Å². The zero-order chi connectivity index (χ0) is 17.6. The summed E-state index contributed by atoms with van der Waals surface area (Å²) >= 11 is 0. The van der Waals surface area contributed by atoms with Crippen LogP contribution >= 0.6 is 0 Å². The SMILES string of the molecule is CC(CO)C1=C2CC=C(C=O)[C@@H]3C(=O)[C@@H](O)[C@@H](C)[C@H]3C[C@]2(C)CC1. The minimum Gasteiger partial charge on any atom is -0.396 e. The Morgan fingerprint density at radius 3 is 2.79 bits per heavy atom. The molecule has 0 aromatic heterocycles. The molecule has 1 saturated carbocycles. The molecule has 3 rings (SSSR count). The molecule has 0 radical (unpaired) electrons. The molecule has 4 nitrogen and oxygen atoms in total. The molecule has 0 heterocycles. The normalized spacial score (nSPS) is 40.5. The van der Waals surface area contributed by atoms with E-state index in [4.69, 9.17) is 0 Å². The van der Waals surface area contributed by atoms with Crippen LogP contribution in [0.1, 0.15) is 46.5 Å². The zero-order valence-corrected chi connectivity index (χ0v) is 14.8. The summed E-state index contributed by atoms with van der Waals surface area (Å²) in [5, 5.41) is 19.8. The third kappa shape index (κ3) is 2.51. The number of rotatable bonds is 3. The monoisotopic (exact) mass is 332 g/mol. The Morgan fingerprint density at radius 2 is 2.17 bits per heavy atom. The van der Waals surface area contributed by atoms with Crippen molar-refractivity contribution in [2.45, 2.75) is 52.6 Å². The minimum atomic E-state index is -0.963. The number of aldehydes is 1. The van der Waals surface area contributed by atoms with Crippen LogP contribution in [0.15, 0.2) is 22.8 Å². The van der Waals surface area contributed by atoms with Crippen LogP contribution in [0.2, 0.25) is 0 Å². The lowest BCUT2D eigenvalue weighted by molar-refractivity contribution is -0.128. The van der Waals surface area contributed by atoms with Gasteiger partial charge in [0.05, 0.1) is 5.92 Å². The Balaban J connectivity index is 2.08. The van der Waals surface area contributed by atoms with E-state index in [1.54, 1.807) is 0 Å². The second kappa shape index (κ2) is 6.23. The largest absolute Gasteiger partial charge is 0.396 e. The summed E-state index contributed by atoms with van der Waals surface area (Å²) in [5.41, 5.74) is 3.18. The molecule has 1 fully saturated rings. The highest BCUT2D eigenvalue weighted by Gasteiger charge is 2.52. The molecule has 132 valence electrons. The first-order valence-electron chi connectivity index (χ1n) is 9.04. The summed E-state index contributed by atoms with van der Waals surface area (Å²) in [6.07, 6.45) is 5.22. The van der Waals surface area contributed by atoms with Crippen LogP contribution in [0.4, 0.5) is 0 Å². The number of hydrogen-bond donors (Lipinski definition) is 2. The molecule has 0 aliphatic heterocycles. The molecule has 6 atom stereocenters. The maximum atomic E-state index is 12.5. The number of aliphatic hydroxyl groups is 2. The first-order chi connectivity index (χ1) is 11.3. The predicted molar refractivity (Wildman–Crippen MR) is 91.2 cm³/mol. The van der Waals surface area contributed by atoms with E-state index < -0.39 is 12.0 Å². The van der Waals surface area contributed by atoms with Crippen molar-refractivity contribution in [2.24, 2.45) is 29.1 Å². The predicted octanol–water partition coefficient (Wildman–Crippen LogP) is 2.44. The molecule has 0 spiro atoms. The van der Waals surface area contributed by atoms with Gasteiger partial charge in [0.2, 0.25) is 0 Å². The molecule has 0 aromatic carbocycles. The molecule has 0 saturated heterocycles. The third-order valence-corrected chi connectivity index (χ3v) is 6.85. The standard InChI is InChI=1S/C20H28O4/c1-11(9-21)14-6-7-20(3)8-15-12(2)18(23)19(24)17(15)13(10-22)4-5-16(14)20/h4,10-12,15,17-18,21,23H,5-9H2,1-3H3/t11?,12-,15+,17-,18-,20-/m0/s1. The fourth-order valence-electron chi connectivity index (χ4n) is 5.25. The summed E-state index contributed by atoms with van der Waals surface area (Å²) in [7, 11) is 0. The Bertz CT molecular complexity index is 617. The van der Waals surface area contributed by atoms with Gasteiger partial charge in [0.15, 0.2) is 5.78 Å². The summed E-state index contributed by atoms with van der Waals surface area (Å²) in [6, 6.07) is 0. The van der Waals surface area contributed by atoms with Crippen molar-refractivity contribution >= 4 is 12.1 Å². The summed E-state index contributed by atoms with van der Waals surface area (Å²) in [5.74, 6) is -0.623. The first-order valence-corrected chi connectivity index (χ1v) is 9.04. The van der Waals surface area contributed by atoms with Crippen LogP contribution in [0.3, 0.4) is 0 Å². The molecular weight excluding hydrogens is 304 g/mol. The first kappa shape index (κ1) is 17.6. The van der Waals surface area contributed by atoms with E-state index in [2.05, 4.69) is 6.92 Å². The number of aliphatic hydroxyl groups excluding tert-OH is 2. The van der Waals surface area contributed by atoms with Gasteiger partial charge in [-0.05, 0) is 48.5 Å². The molecule has 2 N–H and O–H groups in total. The maximum absolute atomic E-state index is 12.5. The lowest BCUT2D eigenvalue weighted by Crippen LogP contribution is -2.30. The lowest BCUT2D eigenvalue weighted by Gasteiger charge is -2.36. The second-order valence-electron chi connectivity index (χ2n) is 8.23. The molecule has 3 aliphatic carbocycles. The maximum Gasteiger partial charge on any atom is 0.169 e. The van der Waals surface area contributed by atoms with Gasteiger partial charge in [0.25, 0.3) is 0 Å². The molecule has 24 heavy (non-hydrogen) atoms. The van der Waals surface area contributed by atoms with Crippen molar-refractivity contribution in [3.8, 4) is 0 Å². The number of fused-ring (bicyclic) bond motifs is 2. The lowest BCUT2D eigenvalue weighted by atomic mass is 9.67. The van der Waals surface area contributed by atoms with Gasteiger partial charge in [-0.15, -0.1) is 0 Å². The highest BCUT2D eigenvalue weighted by Crippen LogP contribution is 2.55. The smallest absolute Gasteiger partial charge is 0.169 e. The number of hydrogen-bond acceptors (Lipinski definition) is 4. The Labute approximate surface area is 143 Å². The van der Waals surface area contributed by atoms with Crippen LogP contribution in [0.25, 0.3) is 0 Å². The van der Waals surface area contributed by atoms with E-state index in [0.717, 1.165) is 25.5 Å². The van der Waals surface area contributed by atoms with Crippen LogP contribution in [0.5, 0.6) is 0 Å². The second-order valence-corrected chi connectivity index (χ2v) is 8.23. The fraction of sp³-hybridized carbons (Fsp3) is 0.700.